The van der Waals surface area contributed by atoms with Crippen LogP contribution in [0.1, 0.15) is 25.0 Å². The molecule has 0 N–H and O–H groups in total. The molecule has 0 amide bonds. The zero-order valence-corrected chi connectivity index (χ0v) is 33.4. The Morgan fingerprint density at radius 1 is 0.300 bits per heavy atom. The van der Waals surface area contributed by atoms with E-state index in [0.717, 1.165) is 17.1 Å². The van der Waals surface area contributed by atoms with Crippen molar-refractivity contribution in [2.24, 2.45) is 0 Å². The van der Waals surface area contributed by atoms with Gasteiger partial charge in [-0.05, 0) is 152 Å². The van der Waals surface area contributed by atoms with Crippen LogP contribution in [-0.2, 0) is 5.41 Å². The first kappa shape index (κ1) is 33.5. The van der Waals surface area contributed by atoms with E-state index in [9.17, 15) is 0 Å². The van der Waals surface area contributed by atoms with E-state index in [1.165, 1.54) is 115 Å². The third-order valence-electron chi connectivity index (χ3n) is 13.6. The first-order valence-corrected chi connectivity index (χ1v) is 21.0. The van der Waals surface area contributed by atoms with Crippen molar-refractivity contribution in [2.45, 2.75) is 19.3 Å². The molecule has 0 fully saturated rings. The molecular formula is C59H38O. The van der Waals surface area contributed by atoms with Gasteiger partial charge in [-0.25, -0.2) is 0 Å². The van der Waals surface area contributed by atoms with Crippen molar-refractivity contribution in [3.05, 3.63) is 205 Å². The zero-order valence-electron chi connectivity index (χ0n) is 33.4. The summed E-state index contributed by atoms with van der Waals surface area (Å²) < 4.78 is 6.61. The van der Waals surface area contributed by atoms with Gasteiger partial charge in [0, 0.05) is 16.4 Å². The molecule has 60 heavy (non-hydrogen) atoms. The molecule has 0 atom stereocenters. The number of hydrogen-bond donors (Lipinski definition) is 0. The molecule has 1 aliphatic carbocycles. The average Bonchev–Trinajstić information content (AvgIpc) is 3.53. The number of fused-ring (bicyclic) bond motifs is 5. The van der Waals surface area contributed by atoms with E-state index < -0.39 is 0 Å². The fourth-order valence-corrected chi connectivity index (χ4v) is 10.6. The van der Waals surface area contributed by atoms with Crippen LogP contribution in [0.5, 0.6) is 11.5 Å². The third-order valence-corrected chi connectivity index (χ3v) is 13.6. The van der Waals surface area contributed by atoms with E-state index in [0.29, 0.717) is 0 Å². The summed E-state index contributed by atoms with van der Waals surface area (Å²) in [4.78, 5) is 0. The van der Waals surface area contributed by atoms with Crippen molar-refractivity contribution in [3.63, 3.8) is 0 Å². The molecule has 0 saturated heterocycles. The Balaban J connectivity index is 0.888. The second-order valence-electron chi connectivity index (χ2n) is 17.2. The van der Waals surface area contributed by atoms with Gasteiger partial charge in [-0.1, -0.05) is 166 Å². The van der Waals surface area contributed by atoms with Crippen molar-refractivity contribution in [2.75, 3.05) is 0 Å². The summed E-state index contributed by atoms with van der Waals surface area (Å²) in [5.41, 5.74) is 17.5. The van der Waals surface area contributed by atoms with Gasteiger partial charge in [0.2, 0.25) is 0 Å². The molecule has 0 unspecified atom stereocenters. The number of hydrogen-bond acceptors (Lipinski definition) is 1. The Bertz CT molecular complexity index is 3560. The smallest absolute Gasteiger partial charge is 0.135 e. The summed E-state index contributed by atoms with van der Waals surface area (Å²) in [7, 11) is 0. The van der Waals surface area contributed by atoms with E-state index in [1.807, 2.05) is 0 Å². The van der Waals surface area contributed by atoms with Crippen molar-refractivity contribution in [1.29, 1.82) is 0 Å². The third kappa shape index (κ3) is 4.75. The van der Waals surface area contributed by atoms with Gasteiger partial charge in [-0.3, -0.25) is 0 Å². The van der Waals surface area contributed by atoms with Crippen LogP contribution in [0.4, 0.5) is 0 Å². The number of rotatable bonds is 4. The van der Waals surface area contributed by atoms with E-state index in [1.54, 1.807) is 0 Å². The molecule has 11 aromatic rings. The van der Waals surface area contributed by atoms with E-state index in [4.69, 9.17) is 4.74 Å². The van der Waals surface area contributed by atoms with Crippen LogP contribution in [0.15, 0.2) is 194 Å². The topological polar surface area (TPSA) is 9.23 Å². The highest BCUT2D eigenvalue weighted by molar-refractivity contribution is 6.26. The molecular weight excluding hydrogens is 725 g/mol. The summed E-state index contributed by atoms with van der Waals surface area (Å²) in [5.74, 6) is 1.81. The Morgan fingerprint density at radius 3 is 1.65 bits per heavy atom. The SMILES string of the molecule is CC1(C)c2cc(-c3cc4ccc5ccc(-c6ccccc6)c6ccc(c3)c4c56)ccc2-c2ccc(-c3ccc4c5c(cccc35)-c3cc(-c5ccccc5)ccc3O4)cc21. The highest BCUT2D eigenvalue weighted by atomic mass is 16.5. The fraction of sp³-hybridized carbons (Fsp3) is 0.0508. The van der Waals surface area contributed by atoms with E-state index >= 15 is 0 Å². The maximum absolute atomic E-state index is 6.61. The molecule has 0 spiro atoms. The molecule has 0 saturated carbocycles. The molecule has 11 aromatic carbocycles. The second kappa shape index (κ2) is 12.3. The van der Waals surface area contributed by atoms with Crippen LogP contribution in [0.25, 0.3) is 110 Å². The lowest BCUT2D eigenvalue weighted by Crippen LogP contribution is -2.15. The van der Waals surface area contributed by atoms with Crippen molar-refractivity contribution in [3.8, 4) is 78.3 Å². The van der Waals surface area contributed by atoms with E-state index in [2.05, 4.69) is 208 Å². The van der Waals surface area contributed by atoms with Gasteiger partial charge >= 0.3 is 0 Å². The predicted octanol–water partition coefficient (Wildman–Crippen LogP) is 16.5. The summed E-state index contributed by atoms with van der Waals surface area (Å²) >= 11 is 0. The Kier molecular flexibility index (Phi) is 6.85. The van der Waals surface area contributed by atoms with Crippen molar-refractivity contribution >= 4 is 43.1 Å². The average molecular weight is 763 g/mol. The quantitative estimate of drug-likeness (QED) is 0.162. The summed E-state index contributed by atoms with van der Waals surface area (Å²) in [6.45, 7) is 4.78. The monoisotopic (exact) mass is 762 g/mol. The zero-order chi connectivity index (χ0) is 39.7. The van der Waals surface area contributed by atoms with Crippen LogP contribution in [-0.4, -0.2) is 0 Å². The van der Waals surface area contributed by atoms with Crippen LogP contribution in [0.3, 0.4) is 0 Å². The Labute approximate surface area is 349 Å². The maximum Gasteiger partial charge on any atom is 0.135 e. The molecule has 1 heterocycles. The molecule has 1 aliphatic heterocycles. The van der Waals surface area contributed by atoms with Crippen LogP contribution in [0, 0.1) is 0 Å². The minimum Gasteiger partial charge on any atom is -0.456 e. The second-order valence-corrected chi connectivity index (χ2v) is 17.2. The predicted molar refractivity (Wildman–Crippen MR) is 252 cm³/mol. The minimum atomic E-state index is -0.178. The largest absolute Gasteiger partial charge is 0.456 e. The summed E-state index contributed by atoms with van der Waals surface area (Å²) in [6, 6.07) is 71.9. The Morgan fingerprint density at radius 2 is 0.867 bits per heavy atom. The lowest BCUT2D eigenvalue weighted by atomic mass is 9.80. The molecule has 0 aromatic heterocycles. The molecule has 280 valence electrons. The molecule has 1 heteroatoms. The van der Waals surface area contributed by atoms with Gasteiger partial charge in [0.1, 0.15) is 11.5 Å². The maximum atomic E-state index is 6.61. The molecule has 13 rings (SSSR count). The minimum absolute atomic E-state index is 0.178. The van der Waals surface area contributed by atoms with Crippen LogP contribution < -0.4 is 4.74 Å². The molecule has 0 radical (unpaired) electrons. The number of ether oxygens (including phenoxy) is 1. The number of benzene rings is 11. The molecule has 2 aliphatic rings. The van der Waals surface area contributed by atoms with Gasteiger partial charge in [-0.2, -0.15) is 0 Å². The van der Waals surface area contributed by atoms with Gasteiger partial charge in [0.05, 0.1) is 0 Å². The highest BCUT2D eigenvalue weighted by Crippen LogP contribution is 2.53. The first-order chi connectivity index (χ1) is 29.5. The molecule has 0 bridgehead atoms. The van der Waals surface area contributed by atoms with Gasteiger partial charge in [-0.15, -0.1) is 0 Å². The fourth-order valence-electron chi connectivity index (χ4n) is 10.6. The lowest BCUT2D eigenvalue weighted by Gasteiger charge is -2.24. The summed E-state index contributed by atoms with van der Waals surface area (Å²) in [5, 5.41) is 10.2. The van der Waals surface area contributed by atoms with Gasteiger partial charge in [0.25, 0.3) is 0 Å². The van der Waals surface area contributed by atoms with Crippen LogP contribution in [0.2, 0.25) is 0 Å². The lowest BCUT2D eigenvalue weighted by molar-refractivity contribution is 0.487. The standard InChI is InChI=1S/C59H38O/c1-59(2)52-33-39(43-30-41-17-16-37-18-23-44(36-12-7-4-8-13-36)50-26-21-42(31-43)56(41)57(37)50)19-24-46(52)47-25-20-40(34-53(47)59)45-27-29-55-58-48(45)14-9-15-49(58)51-32-38(22-28-54(51)60-55)35-10-5-3-6-11-35/h3-34H,1-2H3. The first-order valence-electron chi connectivity index (χ1n) is 21.0. The van der Waals surface area contributed by atoms with Crippen molar-refractivity contribution < 1.29 is 4.74 Å². The van der Waals surface area contributed by atoms with Crippen molar-refractivity contribution in [1.82, 2.24) is 0 Å². The molecule has 1 nitrogen and oxygen atoms in total. The Hall–Kier alpha value is -7.48. The normalized spacial score (nSPS) is 13.4. The van der Waals surface area contributed by atoms with E-state index in [-0.39, 0.29) is 5.41 Å². The van der Waals surface area contributed by atoms with Gasteiger partial charge in [0.15, 0.2) is 0 Å². The van der Waals surface area contributed by atoms with Crippen LogP contribution >= 0.6 is 0 Å². The van der Waals surface area contributed by atoms with Gasteiger partial charge < -0.3 is 4.74 Å². The summed E-state index contributed by atoms with van der Waals surface area (Å²) in [6.07, 6.45) is 0. The highest BCUT2D eigenvalue weighted by Gasteiger charge is 2.36.